The molecule has 24 heavy (non-hydrogen) atoms. The number of carbonyl (C=O) groups excluding carboxylic acids is 1. The third kappa shape index (κ3) is 2.92. The number of ether oxygens (including phenoxy) is 1. The van der Waals surface area contributed by atoms with Gasteiger partial charge in [0.25, 0.3) is 5.91 Å². The van der Waals surface area contributed by atoms with E-state index in [1.165, 1.54) is 0 Å². The van der Waals surface area contributed by atoms with Crippen molar-refractivity contribution in [1.82, 2.24) is 9.47 Å². The van der Waals surface area contributed by atoms with Crippen molar-refractivity contribution >= 4 is 11.9 Å². The lowest BCUT2D eigenvalue weighted by molar-refractivity contribution is -0.154. The molecule has 0 saturated carbocycles. The van der Waals surface area contributed by atoms with Crippen LogP contribution in [0.15, 0.2) is 36.4 Å². The minimum absolute atomic E-state index is 0.0726. The topological polar surface area (TPSA) is 71.8 Å². The number of hydrogen-bond donors (Lipinski definition) is 1. The Morgan fingerprint density at radius 1 is 1.21 bits per heavy atom. The van der Waals surface area contributed by atoms with Gasteiger partial charge in [-0.05, 0) is 32.0 Å². The van der Waals surface area contributed by atoms with Crippen molar-refractivity contribution in [3.05, 3.63) is 53.3 Å². The second-order valence-corrected chi connectivity index (χ2v) is 5.90. The molecule has 1 atom stereocenters. The number of aromatic nitrogens is 1. The largest absolute Gasteiger partial charge is 0.479 e. The van der Waals surface area contributed by atoms with Gasteiger partial charge in [-0.1, -0.05) is 18.2 Å². The highest BCUT2D eigenvalue weighted by Gasteiger charge is 2.31. The van der Waals surface area contributed by atoms with Gasteiger partial charge in [0.2, 0.25) is 0 Å². The van der Waals surface area contributed by atoms with E-state index in [0.717, 1.165) is 17.1 Å². The van der Waals surface area contributed by atoms with Crippen molar-refractivity contribution in [3.8, 4) is 5.69 Å². The molecule has 0 aliphatic carbocycles. The number of carbonyl (C=O) groups is 2. The van der Waals surface area contributed by atoms with E-state index in [2.05, 4.69) is 0 Å². The molecule has 0 radical (unpaired) electrons. The molecule has 1 aliphatic rings. The molecule has 3 rings (SSSR count). The van der Waals surface area contributed by atoms with Crippen LogP contribution >= 0.6 is 0 Å². The summed E-state index contributed by atoms with van der Waals surface area (Å²) in [6.45, 7) is 4.57. The number of aryl methyl sites for hydroxylation is 1. The molecule has 0 bridgehead atoms. The van der Waals surface area contributed by atoms with Crippen LogP contribution in [-0.2, 0) is 9.53 Å². The summed E-state index contributed by atoms with van der Waals surface area (Å²) in [5.41, 5.74) is 3.41. The molecule has 6 heteroatoms. The molecule has 1 aromatic carbocycles. The predicted octanol–water partition coefficient (Wildman–Crippen LogP) is 2.02. The number of nitrogens with zero attached hydrogens (tertiary/aromatic N) is 2. The average Bonchev–Trinajstić information content (AvgIpc) is 2.89. The molecule has 0 spiro atoms. The van der Waals surface area contributed by atoms with Crippen LogP contribution in [0.2, 0.25) is 0 Å². The standard InChI is InChI=1S/C18H20N2O4/c1-12-10-15(13(2)20(12)14-6-4-3-5-7-14)17(21)19-8-9-24-16(11-19)18(22)23/h3-7,10,16H,8-9,11H2,1-2H3,(H,22,23)/t16-/m0/s1. The van der Waals surface area contributed by atoms with Crippen LogP contribution in [0.25, 0.3) is 5.69 Å². The van der Waals surface area contributed by atoms with Gasteiger partial charge in [-0.15, -0.1) is 0 Å². The quantitative estimate of drug-likeness (QED) is 0.936. The van der Waals surface area contributed by atoms with Crippen molar-refractivity contribution in [3.63, 3.8) is 0 Å². The minimum atomic E-state index is -1.04. The first-order chi connectivity index (χ1) is 11.5. The molecule has 1 amide bonds. The summed E-state index contributed by atoms with van der Waals surface area (Å²) in [7, 11) is 0. The van der Waals surface area contributed by atoms with Crippen molar-refractivity contribution in [1.29, 1.82) is 0 Å². The van der Waals surface area contributed by atoms with E-state index in [-0.39, 0.29) is 19.1 Å². The van der Waals surface area contributed by atoms with Crippen LogP contribution in [0.3, 0.4) is 0 Å². The van der Waals surface area contributed by atoms with E-state index >= 15 is 0 Å². The Balaban J connectivity index is 1.90. The van der Waals surface area contributed by atoms with E-state index in [1.807, 2.05) is 54.8 Å². The lowest BCUT2D eigenvalue weighted by atomic mass is 10.2. The molecule has 126 valence electrons. The average molecular weight is 328 g/mol. The normalized spacial score (nSPS) is 17.8. The van der Waals surface area contributed by atoms with E-state index < -0.39 is 12.1 Å². The van der Waals surface area contributed by atoms with Crippen molar-refractivity contribution in [2.24, 2.45) is 0 Å². The third-order valence-electron chi connectivity index (χ3n) is 4.31. The lowest BCUT2D eigenvalue weighted by Gasteiger charge is -2.30. The van der Waals surface area contributed by atoms with E-state index in [4.69, 9.17) is 9.84 Å². The molecule has 1 aliphatic heterocycles. The number of morpholine rings is 1. The van der Waals surface area contributed by atoms with Crippen LogP contribution in [0, 0.1) is 13.8 Å². The van der Waals surface area contributed by atoms with E-state index in [9.17, 15) is 9.59 Å². The van der Waals surface area contributed by atoms with Gasteiger partial charge in [-0.3, -0.25) is 4.79 Å². The lowest BCUT2D eigenvalue weighted by Crippen LogP contribution is -2.48. The highest BCUT2D eigenvalue weighted by molar-refractivity contribution is 5.96. The maximum atomic E-state index is 12.8. The monoisotopic (exact) mass is 328 g/mol. The molecular weight excluding hydrogens is 308 g/mol. The molecular formula is C18H20N2O4. The Bertz CT molecular complexity index is 767. The second kappa shape index (κ2) is 6.49. The van der Waals surface area contributed by atoms with Gasteiger partial charge in [0.1, 0.15) is 0 Å². The summed E-state index contributed by atoms with van der Waals surface area (Å²) in [4.78, 5) is 25.5. The molecule has 1 N–H and O–H groups in total. The number of para-hydroxylation sites is 1. The van der Waals surface area contributed by atoms with Crippen LogP contribution in [0.4, 0.5) is 0 Å². The van der Waals surface area contributed by atoms with Gasteiger partial charge >= 0.3 is 5.97 Å². The first kappa shape index (κ1) is 16.3. The summed E-state index contributed by atoms with van der Waals surface area (Å²) < 4.78 is 7.22. The number of rotatable bonds is 3. The highest BCUT2D eigenvalue weighted by Crippen LogP contribution is 2.22. The van der Waals surface area contributed by atoms with Crippen LogP contribution in [0.1, 0.15) is 21.7 Å². The van der Waals surface area contributed by atoms with Crippen molar-refractivity contribution in [2.75, 3.05) is 19.7 Å². The van der Waals surface area contributed by atoms with Crippen molar-refractivity contribution < 1.29 is 19.4 Å². The number of hydrogen-bond acceptors (Lipinski definition) is 3. The summed E-state index contributed by atoms with van der Waals surface area (Å²) in [6, 6.07) is 11.7. The van der Waals surface area contributed by atoms with E-state index in [1.54, 1.807) is 4.90 Å². The Hall–Kier alpha value is -2.60. The van der Waals surface area contributed by atoms with Gasteiger partial charge in [-0.2, -0.15) is 0 Å². The number of benzene rings is 1. The zero-order valence-electron chi connectivity index (χ0n) is 13.7. The fourth-order valence-corrected chi connectivity index (χ4v) is 3.11. The minimum Gasteiger partial charge on any atom is -0.479 e. The molecule has 6 nitrogen and oxygen atoms in total. The van der Waals surface area contributed by atoms with Crippen molar-refractivity contribution in [2.45, 2.75) is 20.0 Å². The zero-order valence-corrected chi connectivity index (χ0v) is 13.7. The maximum Gasteiger partial charge on any atom is 0.334 e. The molecule has 1 aromatic heterocycles. The Labute approximate surface area is 140 Å². The highest BCUT2D eigenvalue weighted by atomic mass is 16.5. The second-order valence-electron chi connectivity index (χ2n) is 5.90. The zero-order chi connectivity index (χ0) is 17.3. The third-order valence-corrected chi connectivity index (χ3v) is 4.31. The number of carboxylic acids is 1. The van der Waals surface area contributed by atoms with Gasteiger partial charge in [-0.25, -0.2) is 4.79 Å². The number of aliphatic carboxylic acids is 1. The maximum absolute atomic E-state index is 12.8. The van der Waals surface area contributed by atoms with Crippen LogP contribution in [0.5, 0.6) is 0 Å². The SMILES string of the molecule is Cc1cc(C(=O)N2CCO[C@H](C(=O)O)C2)c(C)n1-c1ccccc1. The van der Waals surface area contributed by atoms with Crippen LogP contribution < -0.4 is 0 Å². The van der Waals surface area contributed by atoms with Gasteiger partial charge in [0, 0.05) is 23.6 Å². The summed E-state index contributed by atoms with van der Waals surface area (Å²) in [5, 5.41) is 9.09. The molecule has 2 heterocycles. The van der Waals surface area contributed by atoms with Gasteiger partial charge in [0.05, 0.1) is 18.7 Å². The molecule has 2 aromatic rings. The predicted molar refractivity (Wildman–Crippen MR) is 88.5 cm³/mol. The number of amides is 1. The Morgan fingerprint density at radius 2 is 1.92 bits per heavy atom. The summed E-state index contributed by atoms with van der Waals surface area (Å²) >= 11 is 0. The van der Waals surface area contributed by atoms with Crippen LogP contribution in [-0.4, -0.2) is 52.3 Å². The fourth-order valence-electron chi connectivity index (χ4n) is 3.11. The smallest absolute Gasteiger partial charge is 0.334 e. The molecule has 1 fully saturated rings. The van der Waals surface area contributed by atoms with E-state index in [0.29, 0.717) is 12.1 Å². The van der Waals surface area contributed by atoms with Gasteiger partial charge in [0.15, 0.2) is 6.10 Å². The summed E-state index contributed by atoms with van der Waals surface area (Å²) in [5.74, 6) is -1.19. The fraction of sp³-hybridized carbons (Fsp3) is 0.333. The first-order valence-electron chi connectivity index (χ1n) is 7.87. The molecule has 0 unspecified atom stereocenters. The molecule has 1 saturated heterocycles. The first-order valence-corrected chi connectivity index (χ1v) is 7.87. The van der Waals surface area contributed by atoms with Gasteiger partial charge < -0.3 is 19.3 Å². The Morgan fingerprint density at radius 3 is 2.58 bits per heavy atom. The number of carboxylic acid groups (broad SMARTS) is 1. The summed E-state index contributed by atoms with van der Waals surface area (Å²) in [6.07, 6.45) is -0.958. The Kier molecular flexibility index (Phi) is 4.40.